The fourth-order valence-electron chi connectivity index (χ4n) is 1.34. The van der Waals surface area contributed by atoms with Gasteiger partial charge in [-0.25, -0.2) is 0 Å². The fourth-order valence-corrected chi connectivity index (χ4v) is 1.34. The predicted octanol–water partition coefficient (Wildman–Crippen LogP) is 1.88. The molecule has 0 bridgehead atoms. The quantitative estimate of drug-likeness (QED) is 0.714. The van der Waals surface area contributed by atoms with Gasteiger partial charge in [-0.3, -0.25) is 0 Å². The minimum Gasteiger partial charge on any atom is -0.389 e. The molecule has 0 aliphatic carbocycles. The molecular formula is C10H17NO. The summed E-state index contributed by atoms with van der Waals surface area (Å²) in [6.07, 6.45) is 0. The summed E-state index contributed by atoms with van der Waals surface area (Å²) in [6, 6.07) is 4.14. The molecule has 1 rings (SSSR count). The van der Waals surface area contributed by atoms with Crippen molar-refractivity contribution in [2.75, 3.05) is 0 Å². The zero-order valence-corrected chi connectivity index (χ0v) is 8.26. The molecule has 0 saturated carbocycles. The molecule has 12 heavy (non-hydrogen) atoms. The van der Waals surface area contributed by atoms with Crippen molar-refractivity contribution in [3.63, 3.8) is 0 Å². The van der Waals surface area contributed by atoms with Crippen LogP contribution in [0.3, 0.4) is 0 Å². The van der Waals surface area contributed by atoms with Crippen molar-refractivity contribution in [3.8, 4) is 0 Å². The summed E-state index contributed by atoms with van der Waals surface area (Å²) in [6.45, 7) is 8.42. The maximum Gasteiger partial charge on any atom is 0.0769 e. The van der Waals surface area contributed by atoms with Gasteiger partial charge in [0.2, 0.25) is 0 Å². The third-order valence-electron chi connectivity index (χ3n) is 1.96. The molecule has 1 heterocycles. The average molecular weight is 167 g/mol. The number of rotatable bonds is 2. The van der Waals surface area contributed by atoms with Crippen LogP contribution in [0.25, 0.3) is 0 Å². The summed E-state index contributed by atoms with van der Waals surface area (Å²) >= 11 is 0. The molecule has 0 radical (unpaired) electrons. The Morgan fingerprint density at radius 2 is 1.67 bits per heavy atom. The van der Waals surface area contributed by atoms with Crippen LogP contribution in [0.1, 0.15) is 25.2 Å². The minimum atomic E-state index is -0.630. The topological polar surface area (TPSA) is 25.2 Å². The largest absolute Gasteiger partial charge is 0.389 e. The Labute approximate surface area is 73.8 Å². The lowest BCUT2D eigenvalue weighted by molar-refractivity contribution is 0.0605. The van der Waals surface area contributed by atoms with E-state index in [0.717, 1.165) is 0 Å². The molecule has 68 valence electrons. The molecule has 2 nitrogen and oxygen atoms in total. The van der Waals surface area contributed by atoms with Crippen LogP contribution in [-0.4, -0.2) is 15.3 Å². The number of hydrogen-bond donors (Lipinski definition) is 1. The lowest BCUT2D eigenvalue weighted by atomic mass is 10.1. The molecule has 1 aromatic rings. The van der Waals surface area contributed by atoms with Gasteiger partial charge in [-0.2, -0.15) is 0 Å². The van der Waals surface area contributed by atoms with Crippen LogP contribution in [-0.2, 0) is 6.54 Å². The van der Waals surface area contributed by atoms with E-state index in [1.165, 1.54) is 11.4 Å². The standard InChI is InChI=1S/C10H17NO/c1-8-5-6-9(2)11(8)7-10(3,4)12/h5-6,12H,7H2,1-4H3. The van der Waals surface area contributed by atoms with Gasteiger partial charge in [0.15, 0.2) is 0 Å². The molecule has 0 unspecified atom stereocenters. The average Bonchev–Trinajstić information content (AvgIpc) is 2.16. The van der Waals surface area contributed by atoms with Gasteiger partial charge in [0.05, 0.1) is 12.1 Å². The van der Waals surface area contributed by atoms with Crippen molar-refractivity contribution in [1.29, 1.82) is 0 Å². The summed E-state index contributed by atoms with van der Waals surface area (Å²) < 4.78 is 2.12. The minimum absolute atomic E-state index is 0.630. The first-order chi connectivity index (χ1) is 5.40. The fraction of sp³-hybridized carbons (Fsp3) is 0.600. The molecule has 0 spiro atoms. The third-order valence-corrected chi connectivity index (χ3v) is 1.96. The zero-order chi connectivity index (χ0) is 9.35. The van der Waals surface area contributed by atoms with Gasteiger partial charge in [0.1, 0.15) is 0 Å². The summed E-state index contributed by atoms with van der Waals surface area (Å²) in [5.41, 5.74) is 1.78. The van der Waals surface area contributed by atoms with Gasteiger partial charge in [-0.15, -0.1) is 0 Å². The predicted molar refractivity (Wildman–Crippen MR) is 50.2 cm³/mol. The highest BCUT2D eigenvalue weighted by atomic mass is 16.3. The Morgan fingerprint density at radius 3 is 2.00 bits per heavy atom. The van der Waals surface area contributed by atoms with Gasteiger partial charge in [0, 0.05) is 11.4 Å². The van der Waals surface area contributed by atoms with Crippen LogP contribution in [0.5, 0.6) is 0 Å². The zero-order valence-electron chi connectivity index (χ0n) is 8.26. The maximum absolute atomic E-state index is 9.62. The summed E-state index contributed by atoms with van der Waals surface area (Å²) in [5, 5.41) is 9.62. The first-order valence-corrected chi connectivity index (χ1v) is 4.25. The molecule has 2 heteroatoms. The highest BCUT2D eigenvalue weighted by molar-refractivity contribution is 5.13. The van der Waals surface area contributed by atoms with E-state index in [1.807, 2.05) is 13.8 Å². The molecule has 0 aliphatic rings. The summed E-state index contributed by atoms with van der Waals surface area (Å²) in [5.74, 6) is 0. The van der Waals surface area contributed by atoms with E-state index >= 15 is 0 Å². The highest BCUT2D eigenvalue weighted by Gasteiger charge is 2.14. The first-order valence-electron chi connectivity index (χ1n) is 4.25. The molecule has 0 fully saturated rings. The number of nitrogens with zero attached hydrogens (tertiary/aromatic N) is 1. The molecule has 0 aliphatic heterocycles. The van der Waals surface area contributed by atoms with Crippen LogP contribution >= 0.6 is 0 Å². The number of hydrogen-bond acceptors (Lipinski definition) is 1. The number of aryl methyl sites for hydroxylation is 2. The summed E-state index contributed by atoms with van der Waals surface area (Å²) in [7, 11) is 0. The van der Waals surface area contributed by atoms with E-state index in [2.05, 4.69) is 30.5 Å². The van der Waals surface area contributed by atoms with Crippen LogP contribution in [0.2, 0.25) is 0 Å². The second-order valence-electron chi connectivity index (χ2n) is 4.01. The normalized spacial score (nSPS) is 12.1. The van der Waals surface area contributed by atoms with Gasteiger partial charge < -0.3 is 9.67 Å². The van der Waals surface area contributed by atoms with Gasteiger partial charge >= 0.3 is 0 Å². The molecule has 0 saturated heterocycles. The Balaban J connectivity index is 2.88. The molecule has 0 aromatic carbocycles. The summed E-state index contributed by atoms with van der Waals surface area (Å²) in [4.78, 5) is 0. The third kappa shape index (κ3) is 2.11. The lowest BCUT2D eigenvalue weighted by Crippen LogP contribution is -2.27. The smallest absolute Gasteiger partial charge is 0.0769 e. The van der Waals surface area contributed by atoms with Crippen LogP contribution in [0.4, 0.5) is 0 Å². The van der Waals surface area contributed by atoms with Crippen molar-refractivity contribution in [1.82, 2.24) is 4.57 Å². The van der Waals surface area contributed by atoms with E-state index in [0.29, 0.717) is 6.54 Å². The van der Waals surface area contributed by atoms with Crippen molar-refractivity contribution in [2.45, 2.75) is 39.8 Å². The van der Waals surface area contributed by atoms with Gasteiger partial charge in [-0.05, 0) is 39.8 Å². The molecule has 0 amide bonds. The van der Waals surface area contributed by atoms with Crippen LogP contribution < -0.4 is 0 Å². The highest BCUT2D eigenvalue weighted by Crippen LogP contribution is 2.12. The Hall–Kier alpha value is -0.760. The Morgan fingerprint density at radius 1 is 1.25 bits per heavy atom. The van der Waals surface area contributed by atoms with E-state index in [-0.39, 0.29) is 0 Å². The number of aliphatic hydroxyl groups is 1. The lowest BCUT2D eigenvalue weighted by Gasteiger charge is -2.20. The van der Waals surface area contributed by atoms with Crippen molar-refractivity contribution in [3.05, 3.63) is 23.5 Å². The second-order valence-corrected chi connectivity index (χ2v) is 4.01. The first kappa shape index (κ1) is 9.33. The molecular weight excluding hydrogens is 150 g/mol. The Bertz CT molecular complexity index is 248. The van der Waals surface area contributed by atoms with Crippen molar-refractivity contribution >= 4 is 0 Å². The Kier molecular flexibility index (Phi) is 2.29. The maximum atomic E-state index is 9.62. The molecule has 1 aromatic heterocycles. The molecule has 1 N–H and O–H groups in total. The van der Waals surface area contributed by atoms with Gasteiger partial charge in [0.25, 0.3) is 0 Å². The van der Waals surface area contributed by atoms with Crippen molar-refractivity contribution < 1.29 is 5.11 Å². The van der Waals surface area contributed by atoms with Crippen molar-refractivity contribution in [2.24, 2.45) is 0 Å². The monoisotopic (exact) mass is 167 g/mol. The second kappa shape index (κ2) is 2.94. The van der Waals surface area contributed by atoms with Gasteiger partial charge in [-0.1, -0.05) is 0 Å². The van der Waals surface area contributed by atoms with E-state index in [1.54, 1.807) is 0 Å². The van der Waals surface area contributed by atoms with Crippen LogP contribution in [0.15, 0.2) is 12.1 Å². The SMILES string of the molecule is Cc1ccc(C)n1CC(C)(C)O. The van der Waals surface area contributed by atoms with E-state index in [9.17, 15) is 5.11 Å². The number of aromatic nitrogens is 1. The van der Waals surface area contributed by atoms with Crippen LogP contribution in [0, 0.1) is 13.8 Å². The molecule has 0 atom stereocenters. The van der Waals surface area contributed by atoms with E-state index in [4.69, 9.17) is 0 Å². The van der Waals surface area contributed by atoms with E-state index < -0.39 is 5.60 Å².